The molecule has 0 spiro atoms. The molecule has 1 aromatic carbocycles. The van der Waals surface area contributed by atoms with Crippen molar-refractivity contribution < 1.29 is 4.79 Å². The molecule has 2 atom stereocenters. The summed E-state index contributed by atoms with van der Waals surface area (Å²) in [5.41, 5.74) is 3.96. The van der Waals surface area contributed by atoms with Crippen LogP contribution in [0.4, 0.5) is 0 Å². The molecule has 0 aliphatic heterocycles. The Labute approximate surface area is 154 Å². The summed E-state index contributed by atoms with van der Waals surface area (Å²) in [6.07, 6.45) is 6.62. The van der Waals surface area contributed by atoms with Crippen molar-refractivity contribution in [3.63, 3.8) is 0 Å². The number of aromatic nitrogens is 5. The maximum absolute atomic E-state index is 12.6. The van der Waals surface area contributed by atoms with Crippen LogP contribution in [0.5, 0.6) is 0 Å². The summed E-state index contributed by atoms with van der Waals surface area (Å²) in [4.78, 5) is 25.1. The molecule has 1 N–H and O–H groups in total. The number of nitrogens with one attached hydrogen (secondary N) is 1. The van der Waals surface area contributed by atoms with E-state index < -0.39 is 0 Å². The van der Waals surface area contributed by atoms with E-state index in [1.54, 1.807) is 23.1 Å². The molecule has 7 nitrogen and oxygen atoms in total. The minimum atomic E-state index is -0.128. The standard InChI is InChI=1S/C20H16N6O/c1-26-10-13(8-23-26)14-5-12(6-18(14)27)20-24-17-9-22-16-3-2-11(7-21)4-15(16)19(17)25-20/h2-4,8-10,12,14H,5-6H2,1H3,(H,24,25)/t12-,14?/m1/s1. The predicted molar refractivity (Wildman–Crippen MR) is 99.0 cm³/mol. The van der Waals surface area contributed by atoms with Gasteiger partial charge in [0.15, 0.2) is 0 Å². The van der Waals surface area contributed by atoms with Gasteiger partial charge in [-0.1, -0.05) is 0 Å². The number of nitrogens with zero attached hydrogens (tertiary/aromatic N) is 5. The molecule has 3 aromatic heterocycles. The number of rotatable bonds is 2. The first-order valence-corrected chi connectivity index (χ1v) is 8.82. The van der Waals surface area contributed by atoms with E-state index in [1.807, 2.05) is 25.4 Å². The molecule has 1 aliphatic carbocycles. The average Bonchev–Trinajstić information content (AvgIpc) is 3.38. The number of hydrogen-bond donors (Lipinski definition) is 1. The minimum absolute atomic E-state index is 0.0457. The van der Waals surface area contributed by atoms with E-state index in [4.69, 9.17) is 4.98 Å². The molecule has 4 aromatic rings. The lowest BCUT2D eigenvalue weighted by molar-refractivity contribution is -0.118. The van der Waals surface area contributed by atoms with Crippen LogP contribution in [0, 0.1) is 11.3 Å². The van der Waals surface area contributed by atoms with Crippen molar-refractivity contribution in [3.05, 3.63) is 53.7 Å². The molecule has 0 radical (unpaired) electrons. The van der Waals surface area contributed by atoms with Gasteiger partial charge in [0.2, 0.25) is 0 Å². The van der Waals surface area contributed by atoms with Gasteiger partial charge in [-0.15, -0.1) is 0 Å². The van der Waals surface area contributed by atoms with E-state index in [1.165, 1.54) is 0 Å². The fourth-order valence-electron chi connectivity index (χ4n) is 3.97. The summed E-state index contributed by atoms with van der Waals surface area (Å²) in [5, 5.41) is 14.2. The number of carbonyl (C=O) groups excluding carboxylic acids is 1. The van der Waals surface area contributed by atoms with Crippen LogP contribution in [-0.4, -0.2) is 30.5 Å². The molecule has 132 valence electrons. The minimum Gasteiger partial charge on any atom is -0.340 e. The number of aryl methyl sites for hydroxylation is 1. The molecule has 7 heteroatoms. The van der Waals surface area contributed by atoms with Crippen LogP contribution in [0.15, 0.2) is 36.8 Å². The number of H-pyrrole nitrogens is 1. The van der Waals surface area contributed by atoms with Crippen molar-refractivity contribution in [2.24, 2.45) is 7.05 Å². The van der Waals surface area contributed by atoms with Crippen LogP contribution in [0.3, 0.4) is 0 Å². The fourth-order valence-corrected chi connectivity index (χ4v) is 3.97. The van der Waals surface area contributed by atoms with Gasteiger partial charge in [-0.25, -0.2) is 4.98 Å². The maximum Gasteiger partial charge on any atom is 0.141 e. The second-order valence-corrected chi connectivity index (χ2v) is 7.09. The number of benzene rings is 1. The lowest BCUT2D eigenvalue weighted by atomic mass is 9.99. The lowest BCUT2D eigenvalue weighted by Gasteiger charge is -2.06. The number of hydrogen-bond acceptors (Lipinski definition) is 5. The van der Waals surface area contributed by atoms with Crippen LogP contribution >= 0.6 is 0 Å². The Morgan fingerprint density at radius 1 is 1.33 bits per heavy atom. The van der Waals surface area contributed by atoms with Crippen LogP contribution in [0.1, 0.15) is 41.6 Å². The SMILES string of the molecule is Cn1cc(C2C[C@@H](c3nc4c(cnc5ccc(C#N)cc54)[nH]3)CC2=O)cn1. The van der Waals surface area contributed by atoms with Crippen LogP contribution in [-0.2, 0) is 11.8 Å². The quantitative estimate of drug-likeness (QED) is 0.595. The van der Waals surface area contributed by atoms with Crippen molar-refractivity contribution >= 4 is 27.7 Å². The molecule has 0 saturated heterocycles. The second kappa shape index (κ2) is 5.74. The number of pyridine rings is 1. The smallest absolute Gasteiger partial charge is 0.141 e. The highest BCUT2D eigenvalue weighted by Gasteiger charge is 2.36. The lowest BCUT2D eigenvalue weighted by Crippen LogP contribution is -2.02. The zero-order chi connectivity index (χ0) is 18.5. The highest BCUT2D eigenvalue weighted by Crippen LogP contribution is 2.41. The summed E-state index contributed by atoms with van der Waals surface area (Å²) >= 11 is 0. The molecule has 0 bridgehead atoms. The third-order valence-electron chi connectivity index (χ3n) is 5.33. The van der Waals surface area contributed by atoms with Crippen molar-refractivity contribution in [1.29, 1.82) is 5.26 Å². The van der Waals surface area contributed by atoms with Crippen LogP contribution < -0.4 is 0 Å². The van der Waals surface area contributed by atoms with E-state index in [2.05, 4.69) is 21.1 Å². The van der Waals surface area contributed by atoms with Gasteiger partial charge in [0.1, 0.15) is 11.6 Å². The summed E-state index contributed by atoms with van der Waals surface area (Å²) in [7, 11) is 1.85. The van der Waals surface area contributed by atoms with E-state index >= 15 is 0 Å². The number of carbonyl (C=O) groups is 1. The van der Waals surface area contributed by atoms with Gasteiger partial charge in [-0.2, -0.15) is 10.4 Å². The van der Waals surface area contributed by atoms with E-state index in [0.717, 1.165) is 39.7 Å². The molecule has 1 fully saturated rings. The first-order valence-electron chi connectivity index (χ1n) is 8.82. The predicted octanol–water partition coefficient (Wildman–Crippen LogP) is 2.95. The van der Waals surface area contributed by atoms with Gasteiger partial charge in [-0.3, -0.25) is 14.5 Å². The van der Waals surface area contributed by atoms with Gasteiger partial charge in [0.05, 0.1) is 40.6 Å². The highest BCUT2D eigenvalue weighted by molar-refractivity contribution is 6.02. The molecular formula is C20H16N6O. The highest BCUT2D eigenvalue weighted by atomic mass is 16.1. The zero-order valence-corrected chi connectivity index (χ0v) is 14.7. The molecule has 27 heavy (non-hydrogen) atoms. The van der Waals surface area contributed by atoms with Crippen molar-refractivity contribution in [2.45, 2.75) is 24.7 Å². The molecule has 5 rings (SSSR count). The Bertz CT molecular complexity index is 1240. The van der Waals surface area contributed by atoms with Gasteiger partial charge >= 0.3 is 0 Å². The number of fused-ring (bicyclic) bond motifs is 3. The van der Waals surface area contributed by atoms with E-state index in [0.29, 0.717) is 12.0 Å². The molecule has 1 unspecified atom stereocenters. The number of Topliss-reactive ketones (excluding diaryl/α,β-unsaturated/α-hetero) is 1. The van der Waals surface area contributed by atoms with E-state index in [9.17, 15) is 10.1 Å². The monoisotopic (exact) mass is 356 g/mol. The number of ketones is 1. The van der Waals surface area contributed by atoms with E-state index in [-0.39, 0.29) is 17.6 Å². The molecule has 1 saturated carbocycles. The van der Waals surface area contributed by atoms with Crippen LogP contribution in [0.2, 0.25) is 0 Å². The molecule has 1 aliphatic rings. The molecular weight excluding hydrogens is 340 g/mol. The Hall–Kier alpha value is -3.53. The zero-order valence-electron chi connectivity index (χ0n) is 14.7. The molecule has 3 heterocycles. The Morgan fingerprint density at radius 3 is 3.00 bits per heavy atom. The largest absolute Gasteiger partial charge is 0.340 e. The normalized spacial score (nSPS) is 19.8. The van der Waals surface area contributed by atoms with Crippen molar-refractivity contribution in [2.75, 3.05) is 0 Å². The summed E-state index contributed by atoms with van der Waals surface area (Å²) in [5.74, 6) is 0.950. The average molecular weight is 356 g/mol. The third kappa shape index (κ3) is 2.49. The Morgan fingerprint density at radius 2 is 2.22 bits per heavy atom. The number of nitriles is 1. The first kappa shape index (κ1) is 15.7. The van der Waals surface area contributed by atoms with Gasteiger partial charge < -0.3 is 4.98 Å². The topological polar surface area (TPSA) is 100 Å². The van der Waals surface area contributed by atoms with Gasteiger partial charge in [0.25, 0.3) is 0 Å². The summed E-state index contributed by atoms with van der Waals surface area (Å²) < 4.78 is 1.72. The van der Waals surface area contributed by atoms with Crippen molar-refractivity contribution in [3.8, 4) is 6.07 Å². The molecule has 0 amide bonds. The fraction of sp³-hybridized carbons (Fsp3) is 0.250. The van der Waals surface area contributed by atoms with Crippen LogP contribution in [0.25, 0.3) is 21.9 Å². The van der Waals surface area contributed by atoms with Crippen molar-refractivity contribution in [1.82, 2.24) is 24.7 Å². The Balaban J connectivity index is 1.55. The summed E-state index contributed by atoms with van der Waals surface area (Å²) in [6, 6.07) is 7.56. The summed E-state index contributed by atoms with van der Waals surface area (Å²) in [6.45, 7) is 0. The van der Waals surface area contributed by atoms with Gasteiger partial charge in [0, 0.05) is 42.5 Å². The maximum atomic E-state index is 12.6. The number of aromatic amines is 1. The third-order valence-corrected chi connectivity index (χ3v) is 5.33. The number of imidazole rings is 1. The first-order chi connectivity index (χ1) is 13.1. The Kier molecular flexibility index (Phi) is 3.34. The second-order valence-electron chi connectivity index (χ2n) is 7.09. The van der Waals surface area contributed by atoms with Gasteiger partial charge in [-0.05, 0) is 24.6 Å².